The molecule has 0 unspecified atom stereocenters. The van der Waals surface area contributed by atoms with Crippen LogP contribution in [0.1, 0.15) is 38.1 Å². The van der Waals surface area contributed by atoms with Crippen molar-refractivity contribution in [3.8, 4) is 0 Å². The molecule has 0 bridgehead atoms. The van der Waals surface area contributed by atoms with Gasteiger partial charge in [0.15, 0.2) is 0 Å². The third-order valence-electron chi connectivity index (χ3n) is 3.14. The van der Waals surface area contributed by atoms with Crippen LogP contribution in [-0.4, -0.2) is 35.1 Å². The summed E-state index contributed by atoms with van der Waals surface area (Å²) in [4.78, 5) is 14.6. The molecule has 3 nitrogen and oxygen atoms in total. The maximum absolute atomic E-state index is 12.8. The fourth-order valence-electron chi connectivity index (χ4n) is 2.76. The lowest BCUT2D eigenvalue weighted by molar-refractivity contribution is -0.171. The van der Waals surface area contributed by atoms with E-state index in [9.17, 15) is 4.79 Å². The summed E-state index contributed by atoms with van der Waals surface area (Å²) in [5, 5.41) is 0.584. The van der Waals surface area contributed by atoms with E-state index in [2.05, 4.69) is 22.6 Å². The smallest absolute Gasteiger partial charge is 0.255 e. The normalized spacial score (nSPS) is 20.8. The molecule has 2 rings (SSSR count). The van der Waals surface area contributed by atoms with Crippen molar-refractivity contribution >= 4 is 40.1 Å². The highest BCUT2D eigenvalue weighted by Gasteiger charge is 2.40. The molecule has 0 N–H and O–H groups in total. The molecule has 1 aromatic carbocycles. The number of amides is 1. The summed E-state index contributed by atoms with van der Waals surface area (Å²) in [5.41, 5.74) is -0.0327. The van der Waals surface area contributed by atoms with Crippen LogP contribution < -0.4 is 0 Å². The maximum atomic E-state index is 12.8. The van der Waals surface area contributed by atoms with Crippen molar-refractivity contribution < 1.29 is 9.53 Å². The predicted octanol–water partition coefficient (Wildman–Crippen LogP) is 3.97. The van der Waals surface area contributed by atoms with Gasteiger partial charge in [0.25, 0.3) is 5.91 Å². The van der Waals surface area contributed by atoms with E-state index in [4.69, 9.17) is 16.3 Å². The van der Waals surface area contributed by atoms with E-state index in [1.807, 2.05) is 38.7 Å². The van der Waals surface area contributed by atoms with Gasteiger partial charge in [-0.1, -0.05) is 11.6 Å². The summed E-state index contributed by atoms with van der Waals surface area (Å²) in [6.45, 7) is 9.21. The Bertz CT molecular complexity index is 527. The Balaban J connectivity index is 2.31. The lowest BCUT2D eigenvalue weighted by Gasteiger charge is -2.47. The molecule has 110 valence electrons. The van der Waals surface area contributed by atoms with Crippen LogP contribution in [0.3, 0.4) is 0 Å². The zero-order chi connectivity index (χ0) is 15.1. The number of rotatable bonds is 1. The van der Waals surface area contributed by atoms with E-state index in [-0.39, 0.29) is 17.1 Å². The summed E-state index contributed by atoms with van der Waals surface area (Å²) in [6.07, 6.45) is 0. The van der Waals surface area contributed by atoms with Gasteiger partial charge >= 0.3 is 0 Å². The Labute approximate surface area is 138 Å². The molecule has 0 aromatic heterocycles. The second-order valence-corrected chi connectivity index (χ2v) is 8.01. The topological polar surface area (TPSA) is 29.5 Å². The lowest BCUT2D eigenvalue weighted by Crippen LogP contribution is -2.58. The van der Waals surface area contributed by atoms with Gasteiger partial charge in [-0.25, -0.2) is 0 Å². The summed E-state index contributed by atoms with van der Waals surface area (Å²) in [7, 11) is 0. The largest absolute Gasteiger partial charge is 0.366 e. The Kier molecular flexibility index (Phi) is 4.38. The van der Waals surface area contributed by atoms with Crippen LogP contribution >= 0.6 is 34.2 Å². The van der Waals surface area contributed by atoms with Crippen molar-refractivity contribution in [3.05, 3.63) is 32.4 Å². The highest BCUT2D eigenvalue weighted by Crippen LogP contribution is 2.30. The lowest BCUT2D eigenvalue weighted by atomic mass is 9.98. The van der Waals surface area contributed by atoms with E-state index in [0.29, 0.717) is 23.7 Å². The number of ether oxygens (including phenoxy) is 1. The average Bonchev–Trinajstić information content (AvgIpc) is 2.27. The van der Waals surface area contributed by atoms with E-state index < -0.39 is 0 Å². The summed E-state index contributed by atoms with van der Waals surface area (Å²) < 4.78 is 6.93. The highest BCUT2D eigenvalue weighted by atomic mass is 127. The van der Waals surface area contributed by atoms with Crippen molar-refractivity contribution in [2.45, 2.75) is 38.9 Å². The van der Waals surface area contributed by atoms with Gasteiger partial charge in [0.2, 0.25) is 0 Å². The first-order chi connectivity index (χ1) is 9.10. The third kappa shape index (κ3) is 3.65. The second-order valence-electron chi connectivity index (χ2n) is 6.41. The zero-order valence-corrected chi connectivity index (χ0v) is 15.1. The van der Waals surface area contributed by atoms with Crippen molar-refractivity contribution in [1.82, 2.24) is 4.90 Å². The second kappa shape index (κ2) is 5.46. The zero-order valence-electron chi connectivity index (χ0n) is 12.2. The summed E-state index contributed by atoms with van der Waals surface area (Å²) in [6, 6.07) is 5.40. The summed E-state index contributed by atoms with van der Waals surface area (Å²) in [5.74, 6) is 0.0151. The molecular formula is C15H19ClINO2. The molecule has 1 aliphatic heterocycles. The standard InChI is InChI=1S/C15H19ClINO2/c1-14(2)8-18(9-15(3,4)20-14)13(19)11-7-10(16)5-6-12(11)17/h5-7H,8-9H2,1-4H3. The van der Waals surface area contributed by atoms with Gasteiger partial charge in [-0.05, 0) is 68.5 Å². The molecule has 0 aliphatic carbocycles. The molecule has 0 spiro atoms. The quantitative estimate of drug-likeness (QED) is 0.659. The van der Waals surface area contributed by atoms with Crippen molar-refractivity contribution in [1.29, 1.82) is 0 Å². The van der Waals surface area contributed by atoms with E-state index in [0.717, 1.165) is 3.57 Å². The van der Waals surface area contributed by atoms with Gasteiger partial charge in [0.1, 0.15) is 0 Å². The Hall–Kier alpha value is -0.330. The van der Waals surface area contributed by atoms with Crippen LogP contribution in [0.2, 0.25) is 5.02 Å². The van der Waals surface area contributed by atoms with Crippen molar-refractivity contribution in [3.63, 3.8) is 0 Å². The number of halogens is 2. The molecule has 0 saturated carbocycles. The first-order valence-corrected chi connectivity index (χ1v) is 8.00. The van der Waals surface area contributed by atoms with Crippen LogP contribution in [0, 0.1) is 3.57 Å². The molecule has 1 heterocycles. The Morgan fingerprint density at radius 3 is 2.35 bits per heavy atom. The van der Waals surface area contributed by atoms with Gasteiger partial charge in [-0.15, -0.1) is 0 Å². The van der Waals surface area contributed by atoms with E-state index in [1.54, 1.807) is 12.1 Å². The van der Waals surface area contributed by atoms with Crippen LogP contribution in [-0.2, 0) is 4.74 Å². The third-order valence-corrected chi connectivity index (χ3v) is 4.32. The van der Waals surface area contributed by atoms with Crippen LogP contribution in [0.5, 0.6) is 0 Å². The van der Waals surface area contributed by atoms with Crippen LogP contribution in [0.15, 0.2) is 18.2 Å². The number of benzene rings is 1. The van der Waals surface area contributed by atoms with Crippen molar-refractivity contribution in [2.75, 3.05) is 13.1 Å². The number of carbonyl (C=O) groups excluding carboxylic acids is 1. The SMILES string of the molecule is CC1(C)CN(C(=O)c2cc(Cl)ccc2I)CC(C)(C)O1. The molecule has 0 atom stereocenters. The minimum atomic E-state index is -0.346. The number of carbonyl (C=O) groups is 1. The number of nitrogens with zero attached hydrogens (tertiary/aromatic N) is 1. The maximum Gasteiger partial charge on any atom is 0.255 e. The molecule has 1 saturated heterocycles. The van der Waals surface area contributed by atoms with Gasteiger partial charge < -0.3 is 9.64 Å². The molecule has 1 aliphatic rings. The number of hydrogen-bond donors (Lipinski definition) is 0. The number of morpholine rings is 1. The van der Waals surface area contributed by atoms with Gasteiger partial charge in [-0.3, -0.25) is 4.79 Å². The molecule has 0 radical (unpaired) electrons. The molecule has 5 heteroatoms. The van der Waals surface area contributed by atoms with E-state index in [1.165, 1.54) is 0 Å². The Morgan fingerprint density at radius 1 is 1.25 bits per heavy atom. The minimum Gasteiger partial charge on any atom is -0.366 e. The predicted molar refractivity (Wildman–Crippen MR) is 89.3 cm³/mol. The van der Waals surface area contributed by atoms with Crippen LogP contribution in [0.25, 0.3) is 0 Å². The molecule has 1 amide bonds. The monoisotopic (exact) mass is 407 g/mol. The number of hydrogen-bond acceptors (Lipinski definition) is 2. The van der Waals surface area contributed by atoms with Gasteiger partial charge in [0.05, 0.1) is 16.8 Å². The molecule has 20 heavy (non-hydrogen) atoms. The van der Waals surface area contributed by atoms with Crippen molar-refractivity contribution in [2.24, 2.45) is 0 Å². The first kappa shape index (κ1) is 16.0. The fourth-order valence-corrected chi connectivity index (χ4v) is 3.50. The Morgan fingerprint density at radius 2 is 1.80 bits per heavy atom. The average molecular weight is 408 g/mol. The van der Waals surface area contributed by atoms with Gasteiger partial charge in [-0.2, -0.15) is 0 Å². The first-order valence-electron chi connectivity index (χ1n) is 6.54. The minimum absolute atomic E-state index is 0.0151. The molecule has 1 fully saturated rings. The van der Waals surface area contributed by atoms with Gasteiger partial charge in [0, 0.05) is 21.7 Å². The van der Waals surface area contributed by atoms with Crippen LogP contribution in [0.4, 0.5) is 0 Å². The summed E-state index contributed by atoms with van der Waals surface area (Å²) >= 11 is 8.18. The fraction of sp³-hybridized carbons (Fsp3) is 0.533. The highest BCUT2D eigenvalue weighted by molar-refractivity contribution is 14.1. The molecule has 1 aromatic rings. The molecular weight excluding hydrogens is 389 g/mol. The van der Waals surface area contributed by atoms with E-state index >= 15 is 0 Å².